The summed E-state index contributed by atoms with van der Waals surface area (Å²) in [5, 5.41) is 13.4. The predicted molar refractivity (Wildman–Crippen MR) is 66.1 cm³/mol. The topological polar surface area (TPSA) is 74.6 Å². The van der Waals surface area contributed by atoms with Crippen LogP contribution in [0, 0.1) is 0 Å². The molecule has 17 heavy (non-hydrogen) atoms. The molecule has 0 aliphatic rings. The van der Waals surface area contributed by atoms with Gasteiger partial charge in [0, 0.05) is 11.6 Å². The number of aliphatic carboxylic acids is 1. The van der Waals surface area contributed by atoms with E-state index in [-0.39, 0.29) is 5.71 Å². The van der Waals surface area contributed by atoms with Crippen molar-refractivity contribution in [3.63, 3.8) is 0 Å². The van der Waals surface area contributed by atoms with Crippen LogP contribution in [0.1, 0.15) is 6.92 Å². The summed E-state index contributed by atoms with van der Waals surface area (Å²) < 4.78 is 0. The average molecular weight is 229 g/mol. The zero-order valence-electron chi connectivity index (χ0n) is 9.21. The fourth-order valence-corrected chi connectivity index (χ4v) is 1.39. The third kappa shape index (κ3) is 2.39. The summed E-state index contributed by atoms with van der Waals surface area (Å²) in [6, 6.07) is 9.37. The number of nitrogens with zero attached hydrogens (tertiary/aromatic N) is 2. The van der Waals surface area contributed by atoms with Crippen LogP contribution in [0.3, 0.4) is 0 Å². The van der Waals surface area contributed by atoms with Gasteiger partial charge in [-0.2, -0.15) is 5.10 Å². The number of carbonyl (C=O) groups is 1. The lowest BCUT2D eigenvalue weighted by molar-refractivity contribution is -0.129. The van der Waals surface area contributed by atoms with Gasteiger partial charge in [0.25, 0.3) is 0 Å². The van der Waals surface area contributed by atoms with E-state index in [0.29, 0.717) is 5.69 Å². The van der Waals surface area contributed by atoms with E-state index in [1.807, 2.05) is 24.3 Å². The van der Waals surface area contributed by atoms with Crippen LogP contribution in [-0.2, 0) is 4.79 Å². The monoisotopic (exact) mass is 229 g/mol. The number of anilines is 1. The van der Waals surface area contributed by atoms with E-state index < -0.39 is 5.97 Å². The van der Waals surface area contributed by atoms with Crippen molar-refractivity contribution in [2.45, 2.75) is 6.92 Å². The molecule has 0 atom stereocenters. The number of carboxylic acids is 1. The van der Waals surface area contributed by atoms with Crippen molar-refractivity contribution in [2.75, 3.05) is 5.43 Å². The number of aromatic nitrogens is 1. The number of carboxylic acid groups (broad SMARTS) is 1. The normalized spacial score (nSPS) is 11.5. The highest BCUT2D eigenvalue weighted by atomic mass is 16.4. The van der Waals surface area contributed by atoms with E-state index in [2.05, 4.69) is 15.5 Å². The zero-order chi connectivity index (χ0) is 12.3. The van der Waals surface area contributed by atoms with Gasteiger partial charge in [-0.05, 0) is 19.1 Å². The van der Waals surface area contributed by atoms with Crippen molar-refractivity contribution in [3.8, 4) is 0 Å². The number of hydrogen-bond donors (Lipinski definition) is 2. The third-order valence-corrected chi connectivity index (χ3v) is 2.29. The summed E-state index contributed by atoms with van der Waals surface area (Å²) in [6.45, 7) is 1.42. The highest BCUT2D eigenvalue weighted by Crippen LogP contribution is 2.20. The molecule has 0 radical (unpaired) electrons. The van der Waals surface area contributed by atoms with Gasteiger partial charge in [-0.15, -0.1) is 0 Å². The number of fused-ring (bicyclic) bond motifs is 1. The van der Waals surface area contributed by atoms with Gasteiger partial charge < -0.3 is 5.11 Å². The summed E-state index contributed by atoms with van der Waals surface area (Å²) >= 11 is 0. The molecule has 1 heterocycles. The van der Waals surface area contributed by atoms with Crippen LogP contribution >= 0.6 is 0 Å². The Hall–Kier alpha value is -2.43. The number of hydrazone groups is 1. The van der Waals surface area contributed by atoms with Crippen LogP contribution in [0.15, 0.2) is 41.6 Å². The van der Waals surface area contributed by atoms with E-state index in [4.69, 9.17) is 5.11 Å². The Morgan fingerprint density at radius 2 is 2.12 bits per heavy atom. The minimum Gasteiger partial charge on any atom is -0.477 e. The van der Waals surface area contributed by atoms with Crippen LogP contribution in [0.2, 0.25) is 0 Å². The van der Waals surface area contributed by atoms with Crippen LogP contribution < -0.4 is 5.43 Å². The molecule has 1 aromatic heterocycles. The zero-order valence-corrected chi connectivity index (χ0v) is 9.21. The maximum absolute atomic E-state index is 10.6. The molecule has 0 saturated carbocycles. The van der Waals surface area contributed by atoms with Crippen molar-refractivity contribution in [1.82, 2.24) is 4.98 Å². The molecule has 0 bridgehead atoms. The van der Waals surface area contributed by atoms with Gasteiger partial charge in [0.1, 0.15) is 5.71 Å². The van der Waals surface area contributed by atoms with Crippen LogP contribution in [0.4, 0.5) is 5.69 Å². The summed E-state index contributed by atoms with van der Waals surface area (Å²) in [5.74, 6) is -1.05. The summed E-state index contributed by atoms with van der Waals surface area (Å²) in [7, 11) is 0. The van der Waals surface area contributed by atoms with Gasteiger partial charge in [-0.25, -0.2) is 4.79 Å². The highest BCUT2D eigenvalue weighted by molar-refractivity contribution is 6.34. The first-order valence-electron chi connectivity index (χ1n) is 5.06. The number of rotatable bonds is 3. The largest absolute Gasteiger partial charge is 0.477 e. The quantitative estimate of drug-likeness (QED) is 0.624. The number of hydrogen-bond acceptors (Lipinski definition) is 4. The molecule has 2 aromatic rings. The number of para-hydroxylation sites is 1. The molecule has 0 amide bonds. The SMILES string of the molecule is CC(=NNc1cccc2cccnc12)C(=O)O. The molecule has 5 heteroatoms. The van der Waals surface area contributed by atoms with Gasteiger partial charge >= 0.3 is 5.97 Å². The van der Waals surface area contributed by atoms with Crippen molar-refractivity contribution < 1.29 is 9.90 Å². The fourth-order valence-electron chi connectivity index (χ4n) is 1.39. The van der Waals surface area contributed by atoms with E-state index >= 15 is 0 Å². The lowest BCUT2D eigenvalue weighted by Crippen LogP contribution is -2.10. The molecule has 5 nitrogen and oxygen atoms in total. The number of nitrogens with one attached hydrogen (secondary N) is 1. The van der Waals surface area contributed by atoms with Crippen molar-refractivity contribution >= 4 is 28.3 Å². The molecule has 0 unspecified atom stereocenters. The molecule has 0 saturated heterocycles. The van der Waals surface area contributed by atoms with Crippen LogP contribution in [-0.4, -0.2) is 21.8 Å². The molecule has 2 N–H and O–H groups in total. The Labute approximate surface area is 97.8 Å². The Bertz CT molecular complexity index is 588. The highest BCUT2D eigenvalue weighted by Gasteiger charge is 2.03. The molecule has 86 valence electrons. The molecule has 0 aliphatic heterocycles. The van der Waals surface area contributed by atoms with Gasteiger partial charge in [0.05, 0.1) is 11.2 Å². The molecule has 1 aromatic carbocycles. The van der Waals surface area contributed by atoms with E-state index in [9.17, 15) is 4.79 Å². The van der Waals surface area contributed by atoms with Gasteiger partial charge in [-0.1, -0.05) is 18.2 Å². The molecule has 0 fully saturated rings. The maximum Gasteiger partial charge on any atom is 0.351 e. The Balaban J connectivity index is 2.37. The van der Waals surface area contributed by atoms with Crippen LogP contribution in [0.25, 0.3) is 10.9 Å². The third-order valence-electron chi connectivity index (χ3n) is 2.29. The second-order valence-electron chi connectivity index (χ2n) is 3.49. The van der Waals surface area contributed by atoms with E-state index in [0.717, 1.165) is 10.9 Å². The molecule has 0 aliphatic carbocycles. The Kier molecular flexibility index (Phi) is 3.00. The van der Waals surface area contributed by atoms with E-state index in [1.54, 1.807) is 12.3 Å². The van der Waals surface area contributed by atoms with Gasteiger partial charge in [-0.3, -0.25) is 10.4 Å². The van der Waals surface area contributed by atoms with Crippen LogP contribution in [0.5, 0.6) is 0 Å². The maximum atomic E-state index is 10.6. The summed E-state index contributed by atoms with van der Waals surface area (Å²) in [6.07, 6.45) is 1.68. The smallest absolute Gasteiger partial charge is 0.351 e. The second-order valence-corrected chi connectivity index (χ2v) is 3.49. The van der Waals surface area contributed by atoms with Gasteiger partial charge in [0.15, 0.2) is 0 Å². The Morgan fingerprint density at radius 1 is 1.35 bits per heavy atom. The predicted octanol–water partition coefficient (Wildman–Crippen LogP) is 2.11. The molecular formula is C12H11N3O2. The molecule has 0 spiro atoms. The summed E-state index contributed by atoms with van der Waals surface area (Å²) in [5.41, 5.74) is 4.16. The lowest BCUT2D eigenvalue weighted by Gasteiger charge is -2.04. The van der Waals surface area contributed by atoms with E-state index in [1.165, 1.54) is 6.92 Å². The fraction of sp³-hybridized carbons (Fsp3) is 0.0833. The van der Waals surface area contributed by atoms with Crippen molar-refractivity contribution in [2.24, 2.45) is 5.10 Å². The lowest BCUT2D eigenvalue weighted by atomic mass is 10.2. The standard InChI is InChI=1S/C12H11N3O2/c1-8(12(16)17)14-15-10-6-2-4-9-5-3-7-13-11(9)10/h2-7,15H,1H3,(H,16,17). The first kappa shape index (κ1) is 11.1. The second kappa shape index (κ2) is 4.61. The number of benzene rings is 1. The first-order valence-corrected chi connectivity index (χ1v) is 5.06. The average Bonchev–Trinajstić information content (AvgIpc) is 2.35. The number of pyridine rings is 1. The summed E-state index contributed by atoms with van der Waals surface area (Å²) in [4.78, 5) is 14.8. The Morgan fingerprint density at radius 3 is 2.88 bits per heavy atom. The molecule has 2 rings (SSSR count). The minimum atomic E-state index is -1.05. The minimum absolute atomic E-state index is 0.00191. The first-order chi connectivity index (χ1) is 8.18. The van der Waals surface area contributed by atoms with Crippen molar-refractivity contribution in [1.29, 1.82) is 0 Å². The molecular weight excluding hydrogens is 218 g/mol. The van der Waals surface area contributed by atoms with Crippen molar-refractivity contribution in [3.05, 3.63) is 36.5 Å². The van der Waals surface area contributed by atoms with Gasteiger partial charge in [0.2, 0.25) is 0 Å².